The second-order valence-electron chi connectivity index (χ2n) is 8.85. The number of ether oxygens (including phenoxy) is 1. The highest BCUT2D eigenvalue weighted by atomic mass is 32.2. The average molecular weight is 429 g/mol. The second-order valence-corrected chi connectivity index (χ2v) is 13.7. The summed E-state index contributed by atoms with van der Waals surface area (Å²) >= 11 is 0. The van der Waals surface area contributed by atoms with Crippen LogP contribution in [0.5, 0.6) is 0 Å². The average Bonchev–Trinajstić information content (AvgIpc) is 2.99. The molecule has 1 saturated carbocycles. The van der Waals surface area contributed by atoms with Crippen LogP contribution in [0.15, 0.2) is 39.6 Å². The minimum Gasteiger partial charge on any atom is -0.372 e. The zero-order valence-electron chi connectivity index (χ0n) is 17.2. The lowest BCUT2D eigenvalue weighted by molar-refractivity contribution is -0.0252. The van der Waals surface area contributed by atoms with Crippen molar-refractivity contribution in [1.29, 1.82) is 0 Å². The maximum Gasteiger partial charge on any atom is 0.216 e. The van der Waals surface area contributed by atoms with Gasteiger partial charge in [0.15, 0.2) is 0 Å². The van der Waals surface area contributed by atoms with E-state index in [-0.39, 0.29) is 12.0 Å². The van der Waals surface area contributed by atoms with Crippen LogP contribution in [0.2, 0.25) is 0 Å². The molecule has 8 heteroatoms. The lowest BCUT2D eigenvalue weighted by atomic mass is 9.75. The molecule has 28 heavy (non-hydrogen) atoms. The van der Waals surface area contributed by atoms with Crippen LogP contribution in [0.25, 0.3) is 0 Å². The highest BCUT2D eigenvalue weighted by Crippen LogP contribution is 2.45. The van der Waals surface area contributed by atoms with Crippen molar-refractivity contribution >= 4 is 19.8 Å². The highest BCUT2D eigenvalue weighted by molar-refractivity contribution is 7.93. The van der Waals surface area contributed by atoms with Crippen molar-refractivity contribution in [1.82, 2.24) is 4.72 Å². The predicted molar refractivity (Wildman–Crippen MR) is 112 cm³/mol. The van der Waals surface area contributed by atoms with Gasteiger partial charge in [-0.1, -0.05) is 31.0 Å². The van der Waals surface area contributed by atoms with Crippen molar-refractivity contribution in [3.05, 3.63) is 30.3 Å². The van der Waals surface area contributed by atoms with Crippen molar-refractivity contribution in [2.75, 3.05) is 19.4 Å². The first-order chi connectivity index (χ1) is 13.0. The number of fused-ring (bicyclic) bond motifs is 1. The van der Waals surface area contributed by atoms with Gasteiger partial charge < -0.3 is 4.74 Å². The number of rotatable bonds is 5. The fraction of sp³-hybridized carbons (Fsp3) is 0.700. The summed E-state index contributed by atoms with van der Waals surface area (Å²) in [6.07, 6.45) is 3.67. The van der Waals surface area contributed by atoms with Crippen LogP contribution in [-0.2, 0) is 24.5 Å². The van der Waals surface area contributed by atoms with Gasteiger partial charge in [0.1, 0.15) is 0 Å². The highest BCUT2D eigenvalue weighted by Gasteiger charge is 2.54. The molecule has 0 aromatic heterocycles. The zero-order chi connectivity index (χ0) is 20.6. The van der Waals surface area contributed by atoms with Crippen LogP contribution in [0, 0.1) is 5.92 Å². The van der Waals surface area contributed by atoms with Crippen LogP contribution >= 0.6 is 0 Å². The maximum atomic E-state index is 13.7. The van der Waals surface area contributed by atoms with Crippen LogP contribution in [-0.4, -0.2) is 48.4 Å². The fourth-order valence-electron chi connectivity index (χ4n) is 4.29. The molecule has 0 unspecified atom stereocenters. The van der Waals surface area contributed by atoms with Crippen molar-refractivity contribution < 1.29 is 17.4 Å². The van der Waals surface area contributed by atoms with Crippen molar-refractivity contribution in [2.24, 2.45) is 10.3 Å². The molecule has 6 nitrogen and oxygen atoms in total. The van der Waals surface area contributed by atoms with E-state index in [1.165, 1.54) is 0 Å². The van der Waals surface area contributed by atoms with E-state index in [2.05, 4.69) is 9.08 Å². The molecule has 3 rings (SSSR count). The summed E-state index contributed by atoms with van der Waals surface area (Å²) in [5.41, 5.74) is -0.601. The summed E-state index contributed by atoms with van der Waals surface area (Å²) in [6, 6.07) is 9.03. The third-order valence-corrected chi connectivity index (χ3v) is 10.7. The van der Waals surface area contributed by atoms with Gasteiger partial charge in [-0.2, -0.15) is 0 Å². The number of hydrogen-bond acceptors (Lipinski definition) is 5. The Bertz CT molecular complexity index is 915. The standard InChI is InChI=1S/C20H32N2O4S2/c1-19(2,3)28(24,25)22-18-14-26-20(13-9-8-12-17(18)20)15-27(23,21-4)16-10-6-5-7-11-16/h5-7,10-11,17-18,22H,8-9,12-15H2,1-4H3/t17-,18+,20+,27-/m0/s1. The molecule has 0 amide bonds. The molecular weight excluding hydrogens is 396 g/mol. The fourth-order valence-corrected chi connectivity index (χ4v) is 7.46. The normalized spacial score (nSPS) is 30.4. The number of nitrogens with zero attached hydrogens (tertiary/aromatic N) is 1. The smallest absolute Gasteiger partial charge is 0.216 e. The van der Waals surface area contributed by atoms with E-state index in [0.29, 0.717) is 17.3 Å². The Hall–Kier alpha value is -0.960. The maximum absolute atomic E-state index is 13.7. The van der Waals surface area contributed by atoms with E-state index in [9.17, 15) is 12.6 Å². The van der Waals surface area contributed by atoms with Gasteiger partial charge in [-0.05, 0) is 45.7 Å². The van der Waals surface area contributed by atoms with Crippen molar-refractivity contribution in [3.63, 3.8) is 0 Å². The quantitative estimate of drug-likeness (QED) is 0.780. The second kappa shape index (κ2) is 7.70. The van der Waals surface area contributed by atoms with Gasteiger partial charge in [0.05, 0.1) is 38.5 Å². The molecule has 1 aliphatic heterocycles. The molecule has 1 saturated heterocycles. The molecule has 4 atom stereocenters. The number of nitrogens with one attached hydrogen (secondary N) is 1. The van der Waals surface area contributed by atoms with Gasteiger partial charge in [-0.25, -0.2) is 21.7 Å². The molecule has 1 aliphatic carbocycles. The third-order valence-electron chi connectivity index (χ3n) is 6.04. The molecular formula is C20H32N2O4S2. The lowest BCUT2D eigenvalue weighted by Crippen LogP contribution is -2.52. The van der Waals surface area contributed by atoms with E-state index >= 15 is 0 Å². The summed E-state index contributed by atoms with van der Waals surface area (Å²) < 4.78 is 51.7. The molecule has 0 bridgehead atoms. The van der Waals surface area contributed by atoms with Crippen molar-refractivity contribution in [2.45, 2.75) is 67.7 Å². The van der Waals surface area contributed by atoms with Crippen molar-refractivity contribution in [3.8, 4) is 0 Å². The molecule has 2 fully saturated rings. The minimum absolute atomic E-state index is 0.00432. The van der Waals surface area contributed by atoms with Gasteiger partial charge in [0, 0.05) is 17.9 Å². The molecule has 0 radical (unpaired) electrons. The van der Waals surface area contributed by atoms with Gasteiger partial charge in [0.2, 0.25) is 10.0 Å². The zero-order valence-corrected chi connectivity index (χ0v) is 18.8. The number of hydrogen-bond donors (Lipinski definition) is 1. The predicted octanol–water partition coefficient (Wildman–Crippen LogP) is 3.19. The van der Waals surface area contributed by atoms with Crippen LogP contribution in [0.3, 0.4) is 0 Å². The van der Waals surface area contributed by atoms with E-state index in [1.807, 2.05) is 30.3 Å². The van der Waals surface area contributed by atoms with Crippen LogP contribution in [0.1, 0.15) is 46.5 Å². The van der Waals surface area contributed by atoms with Gasteiger partial charge in [-0.3, -0.25) is 0 Å². The monoisotopic (exact) mass is 428 g/mol. The molecule has 0 spiro atoms. The van der Waals surface area contributed by atoms with E-state index in [1.54, 1.807) is 27.8 Å². The minimum atomic E-state index is -3.48. The molecule has 1 aromatic rings. The Labute approximate surface area is 169 Å². The largest absolute Gasteiger partial charge is 0.372 e. The van der Waals surface area contributed by atoms with Crippen LogP contribution in [0.4, 0.5) is 0 Å². The van der Waals surface area contributed by atoms with E-state index in [0.717, 1.165) is 25.7 Å². The number of benzene rings is 1. The first kappa shape index (κ1) is 21.7. The molecule has 1 N–H and O–H groups in total. The molecule has 1 heterocycles. The summed E-state index contributed by atoms with van der Waals surface area (Å²) in [4.78, 5) is 0.707. The van der Waals surface area contributed by atoms with E-state index in [4.69, 9.17) is 4.74 Å². The number of sulfonamides is 1. The Kier molecular flexibility index (Phi) is 5.98. The van der Waals surface area contributed by atoms with Crippen LogP contribution < -0.4 is 4.72 Å². The summed E-state index contributed by atoms with van der Waals surface area (Å²) in [6.45, 7) is 5.39. The summed E-state index contributed by atoms with van der Waals surface area (Å²) in [5, 5.41) is 0. The van der Waals surface area contributed by atoms with E-state index < -0.39 is 30.1 Å². The SMILES string of the molecule is CN=[S@](=O)(C[C@]12CCCC[C@H]1[C@H](NS(=O)(=O)C(C)(C)C)CO2)c1ccccc1. The Balaban J connectivity index is 1.91. The Morgan fingerprint density at radius 2 is 1.86 bits per heavy atom. The molecule has 1 aromatic carbocycles. The topological polar surface area (TPSA) is 84.8 Å². The summed E-state index contributed by atoms with van der Waals surface area (Å²) in [5.74, 6) is 0.309. The lowest BCUT2D eigenvalue weighted by Gasteiger charge is -2.40. The first-order valence-corrected chi connectivity index (χ1v) is 13.0. The summed E-state index contributed by atoms with van der Waals surface area (Å²) in [7, 11) is -4.53. The molecule has 2 aliphatic rings. The Morgan fingerprint density at radius 3 is 2.46 bits per heavy atom. The Morgan fingerprint density at radius 1 is 1.18 bits per heavy atom. The first-order valence-electron chi connectivity index (χ1n) is 9.87. The van der Waals surface area contributed by atoms with Gasteiger partial charge in [-0.15, -0.1) is 0 Å². The molecule has 158 valence electrons. The van der Waals surface area contributed by atoms with Gasteiger partial charge >= 0.3 is 0 Å². The van der Waals surface area contributed by atoms with Gasteiger partial charge in [0.25, 0.3) is 0 Å². The third kappa shape index (κ3) is 4.01.